The van der Waals surface area contributed by atoms with Crippen LogP contribution in [0.1, 0.15) is 48.6 Å². The molecule has 1 aliphatic heterocycles. The number of ether oxygens (including phenoxy) is 2. The highest BCUT2D eigenvalue weighted by Crippen LogP contribution is 2.34. The summed E-state index contributed by atoms with van der Waals surface area (Å²) in [6.07, 6.45) is 5.33. The van der Waals surface area contributed by atoms with Crippen molar-refractivity contribution in [2.45, 2.75) is 57.3 Å². The summed E-state index contributed by atoms with van der Waals surface area (Å²) in [6, 6.07) is 16.3. The summed E-state index contributed by atoms with van der Waals surface area (Å²) in [5.41, 5.74) is 2.33. The van der Waals surface area contributed by atoms with Crippen molar-refractivity contribution >= 4 is 34.2 Å². The molecule has 2 aliphatic rings. The summed E-state index contributed by atoms with van der Waals surface area (Å²) in [5.74, 6) is 0.925. The molecule has 1 saturated carbocycles. The van der Waals surface area contributed by atoms with Crippen LogP contribution in [-0.2, 0) is 22.7 Å². The monoisotopic (exact) mass is 531 g/mol. The average Bonchev–Trinajstić information content (AvgIpc) is 3.71. The van der Waals surface area contributed by atoms with Gasteiger partial charge in [-0.05, 0) is 54.1 Å². The molecule has 1 N–H and O–H groups in total. The van der Waals surface area contributed by atoms with Gasteiger partial charge in [0.05, 0.1) is 5.52 Å². The van der Waals surface area contributed by atoms with E-state index in [-0.39, 0.29) is 37.7 Å². The number of nitrogens with one attached hydrogen (secondary N) is 1. The maximum Gasteiger partial charge on any atom is 0.248 e. The zero-order chi connectivity index (χ0) is 25.9. The third kappa shape index (κ3) is 5.08. The summed E-state index contributed by atoms with van der Waals surface area (Å²) in [4.78, 5) is 30.4. The van der Waals surface area contributed by atoms with Crippen LogP contribution < -0.4 is 14.8 Å². The zero-order valence-electron chi connectivity index (χ0n) is 20.9. The summed E-state index contributed by atoms with van der Waals surface area (Å²) < 4.78 is 12.6. The smallest absolute Gasteiger partial charge is 0.248 e. The molecule has 196 valence electrons. The van der Waals surface area contributed by atoms with Crippen LogP contribution in [0.3, 0.4) is 0 Å². The van der Waals surface area contributed by atoms with E-state index in [1.165, 1.54) is 17.8 Å². The summed E-state index contributed by atoms with van der Waals surface area (Å²) >= 11 is 1.47. The van der Waals surface area contributed by atoms with Crippen molar-refractivity contribution in [1.29, 1.82) is 0 Å². The Bertz CT molecular complexity index is 1430. The number of hydrogen-bond donors (Lipinski definition) is 1. The van der Waals surface area contributed by atoms with Gasteiger partial charge >= 0.3 is 0 Å². The van der Waals surface area contributed by atoms with Gasteiger partial charge in [-0.25, -0.2) is 4.68 Å². The largest absolute Gasteiger partial charge is 0.454 e. The van der Waals surface area contributed by atoms with Crippen molar-refractivity contribution in [1.82, 2.24) is 25.2 Å². The number of nitrogens with zero attached hydrogens (tertiary/aromatic N) is 4. The van der Waals surface area contributed by atoms with Crippen molar-refractivity contribution in [3.63, 3.8) is 0 Å². The Kier molecular flexibility index (Phi) is 6.96. The fourth-order valence-electron chi connectivity index (χ4n) is 5.21. The fraction of sp³-hybridized carbons (Fsp3) is 0.357. The first-order valence-corrected chi connectivity index (χ1v) is 13.8. The highest BCUT2D eigenvalue weighted by atomic mass is 32.1. The number of amides is 2. The number of rotatable bonds is 8. The molecule has 1 fully saturated rings. The predicted octanol–water partition coefficient (Wildman–Crippen LogP) is 4.44. The molecule has 2 aromatic heterocycles. The molecule has 38 heavy (non-hydrogen) atoms. The van der Waals surface area contributed by atoms with E-state index in [1.54, 1.807) is 9.58 Å². The molecule has 3 heterocycles. The number of benzene rings is 2. The van der Waals surface area contributed by atoms with E-state index in [9.17, 15) is 9.59 Å². The van der Waals surface area contributed by atoms with E-state index in [1.807, 2.05) is 60.0 Å². The Hall–Kier alpha value is -3.92. The lowest BCUT2D eigenvalue weighted by atomic mass is 9.95. The molecular weight excluding hydrogens is 502 g/mol. The third-order valence-corrected chi connectivity index (χ3v) is 8.06. The van der Waals surface area contributed by atoms with Gasteiger partial charge in [-0.2, -0.15) is 0 Å². The van der Waals surface area contributed by atoms with E-state index in [0.717, 1.165) is 41.6 Å². The van der Waals surface area contributed by atoms with E-state index in [2.05, 4.69) is 15.6 Å². The minimum atomic E-state index is -0.773. The highest BCUT2D eigenvalue weighted by molar-refractivity contribution is 7.10. The molecule has 0 bridgehead atoms. The van der Waals surface area contributed by atoms with Crippen LogP contribution in [0, 0.1) is 0 Å². The number of carbonyl (C=O) groups excluding carboxylic acids is 2. The van der Waals surface area contributed by atoms with Crippen LogP contribution in [0.25, 0.3) is 11.0 Å². The van der Waals surface area contributed by atoms with Gasteiger partial charge in [-0.15, -0.1) is 16.4 Å². The molecule has 4 aromatic rings. The molecular formula is C28H29N5O4S. The average molecular weight is 532 g/mol. The van der Waals surface area contributed by atoms with Gasteiger partial charge in [0.2, 0.25) is 18.6 Å². The quantitative estimate of drug-likeness (QED) is 0.361. The molecule has 2 aromatic carbocycles. The van der Waals surface area contributed by atoms with Crippen LogP contribution in [0.15, 0.2) is 60.0 Å². The van der Waals surface area contributed by atoms with Crippen LogP contribution >= 0.6 is 11.3 Å². The first-order chi connectivity index (χ1) is 18.7. The first-order valence-electron chi connectivity index (χ1n) is 13.0. The van der Waals surface area contributed by atoms with Gasteiger partial charge in [0.1, 0.15) is 18.1 Å². The van der Waals surface area contributed by atoms with E-state index < -0.39 is 6.04 Å². The van der Waals surface area contributed by atoms with Gasteiger partial charge in [-0.3, -0.25) is 9.59 Å². The normalized spacial score (nSPS) is 15.9. The lowest BCUT2D eigenvalue weighted by Crippen LogP contribution is -2.47. The molecule has 1 aliphatic carbocycles. The first kappa shape index (κ1) is 24.4. The number of hydrogen-bond acceptors (Lipinski definition) is 7. The number of para-hydroxylation sites is 1. The molecule has 6 rings (SSSR count). The summed E-state index contributed by atoms with van der Waals surface area (Å²) in [6.45, 7) is 0.356. The lowest BCUT2D eigenvalue weighted by molar-refractivity contribution is -0.142. The fourth-order valence-corrected chi connectivity index (χ4v) is 6.05. The highest BCUT2D eigenvalue weighted by Gasteiger charge is 2.34. The van der Waals surface area contributed by atoms with Gasteiger partial charge in [0.25, 0.3) is 0 Å². The van der Waals surface area contributed by atoms with E-state index >= 15 is 0 Å². The number of fused-ring (bicyclic) bond motifs is 2. The minimum absolute atomic E-state index is 0.0380. The molecule has 9 nitrogen and oxygen atoms in total. The topological polar surface area (TPSA) is 98.6 Å². The van der Waals surface area contributed by atoms with E-state index in [4.69, 9.17) is 9.47 Å². The maximum atomic E-state index is 14.0. The molecule has 0 radical (unpaired) electrons. The van der Waals surface area contributed by atoms with Crippen molar-refractivity contribution in [3.05, 3.63) is 70.4 Å². The summed E-state index contributed by atoms with van der Waals surface area (Å²) in [5, 5.41) is 13.6. The van der Waals surface area contributed by atoms with Crippen molar-refractivity contribution < 1.29 is 19.1 Å². The van der Waals surface area contributed by atoms with Crippen LogP contribution in [0.2, 0.25) is 0 Å². The SMILES string of the molecule is O=C(NC1CCCCC1)C(c1cccs1)N(Cc1ccc2c(c1)OCO2)C(=O)Cn1nnc2ccccc21. The second kappa shape index (κ2) is 10.8. The molecule has 0 saturated heterocycles. The second-order valence-corrected chi connectivity index (χ2v) is 10.7. The van der Waals surface area contributed by atoms with Crippen LogP contribution in [0.5, 0.6) is 11.5 Å². The lowest BCUT2D eigenvalue weighted by Gasteiger charge is -2.33. The summed E-state index contributed by atoms with van der Waals surface area (Å²) in [7, 11) is 0. The molecule has 10 heteroatoms. The Morgan fingerprint density at radius 1 is 1.05 bits per heavy atom. The maximum absolute atomic E-state index is 14.0. The minimum Gasteiger partial charge on any atom is -0.454 e. The second-order valence-electron chi connectivity index (χ2n) is 9.71. The number of carbonyl (C=O) groups is 2. The molecule has 1 unspecified atom stereocenters. The Morgan fingerprint density at radius 2 is 1.89 bits per heavy atom. The van der Waals surface area contributed by atoms with Gasteiger partial charge in [0.15, 0.2) is 11.5 Å². The number of thiophene rings is 1. The van der Waals surface area contributed by atoms with Crippen molar-refractivity contribution in [2.24, 2.45) is 0 Å². The van der Waals surface area contributed by atoms with Crippen molar-refractivity contribution in [2.75, 3.05) is 6.79 Å². The molecule has 2 amide bonds. The molecule has 0 spiro atoms. The van der Waals surface area contributed by atoms with Crippen LogP contribution in [-0.4, -0.2) is 44.5 Å². The van der Waals surface area contributed by atoms with Crippen molar-refractivity contribution in [3.8, 4) is 11.5 Å². The zero-order valence-corrected chi connectivity index (χ0v) is 21.7. The van der Waals surface area contributed by atoms with E-state index in [0.29, 0.717) is 17.0 Å². The van der Waals surface area contributed by atoms with Gasteiger partial charge < -0.3 is 19.7 Å². The predicted molar refractivity (Wildman–Crippen MR) is 143 cm³/mol. The van der Waals surface area contributed by atoms with Gasteiger partial charge in [0, 0.05) is 17.5 Å². The standard InChI is InChI=1S/C28H29N5O4S/c34-26(17-33-22-10-5-4-9-21(22)30-31-33)32(16-19-12-13-23-24(15-19)37-18-36-23)27(25-11-6-14-38-25)28(35)29-20-7-2-1-3-8-20/h4-6,9-15,20,27H,1-3,7-8,16-18H2,(H,29,35). The van der Waals surface area contributed by atoms with Crippen LogP contribution in [0.4, 0.5) is 0 Å². The Morgan fingerprint density at radius 3 is 2.74 bits per heavy atom. The Labute approximate surface area is 224 Å². The van der Waals surface area contributed by atoms with Gasteiger partial charge in [-0.1, -0.05) is 48.7 Å². The third-order valence-electron chi connectivity index (χ3n) is 7.14. The Balaban J connectivity index is 1.34. The molecule has 1 atom stereocenters. The number of aromatic nitrogens is 3.